The summed E-state index contributed by atoms with van der Waals surface area (Å²) in [6.07, 6.45) is 0. The lowest BCUT2D eigenvalue weighted by Crippen LogP contribution is -2.53. The van der Waals surface area contributed by atoms with E-state index in [0.717, 1.165) is 49.4 Å². The third-order valence-electron chi connectivity index (χ3n) is 4.67. The summed E-state index contributed by atoms with van der Waals surface area (Å²) in [4.78, 5) is 16.2. The van der Waals surface area contributed by atoms with Gasteiger partial charge in [-0.05, 0) is 20.4 Å². The minimum atomic E-state index is 0.510. The van der Waals surface area contributed by atoms with E-state index in [2.05, 4.69) is 56.3 Å². The molecule has 1 aromatic heterocycles. The van der Waals surface area contributed by atoms with Crippen molar-refractivity contribution in [1.29, 1.82) is 0 Å². The molecule has 7 heteroatoms. The number of hydrogen-bond donors (Lipinski definition) is 1. The van der Waals surface area contributed by atoms with Gasteiger partial charge in [-0.25, -0.2) is 4.98 Å². The van der Waals surface area contributed by atoms with Gasteiger partial charge in [0.15, 0.2) is 5.96 Å². The quantitative estimate of drug-likeness (QED) is 0.621. The molecule has 1 aliphatic heterocycles. The Balaban J connectivity index is 1.78. The predicted molar refractivity (Wildman–Crippen MR) is 103 cm³/mol. The zero-order valence-electron chi connectivity index (χ0n) is 15.7. The molecular weight excluding hydrogens is 320 g/mol. The standard InChI is InChI=1S/C17H32N6S/c1-6-22-7-9-23(10-8-22)14(2)11-19-17(18-4)21(5)12-16-13-24-15(3)20-16/h13-14H,6-12H2,1-5H3,(H,18,19). The number of nitrogens with zero attached hydrogens (tertiary/aromatic N) is 5. The number of piperazine rings is 1. The average Bonchev–Trinajstić information content (AvgIpc) is 3.00. The van der Waals surface area contributed by atoms with Crippen molar-refractivity contribution in [1.82, 2.24) is 25.0 Å². The molecule has 1 unspecified atom stereocenters. The molecular formula is C17H32N6S. The number of guanidine groups is 1. The molecule has 0 bridgehead atoms. The summed E-state index contributed by atoms with van der Waals surface area (Å²) in [6, 6.07) is 0.510. The Bertz CT molecular complexity index is 521. The topological polar surface area (TPSA) is 47.0 Å². The largest absolute Gasteiger partial charge is 0.355 e. The van der Waals surface area contributed by atoms with E-state index in [1.165, 1.54) is 13.1 Å². The molecule has 2 rings (SSSR count). The van der Waals surface area contributed by atoms with E-state index in [9.17, 15) is 0 Å². The van der Waals surface area contributed by atoms with Crippen LogP contribution in [-0.4, -0.2) is 85.0 Å². The van der Waals surface area contributed by atoms with Crippen LogP contribution in [0.1, 0.15) is 24.5 Å². The zero-order chi connectivity index (χ0) is 17.5. The van der Waals surface area contributed by atoms with Gasteiger partial charge in [0.2, 0.25) is 0 Å². The molecule has 0 saturated carbocycles. The molecule has 1 saturated heterocycles. The Morgan fingerprint density at radius 1 is 1.42 bits per heavy atom. The first-order valence-electron chi connectivity index (χ1n) is 8.82. The Hall–Kier alpha value is -1.18. The molecule has 24 heavy (non-hydrogen) atoms. The average molecular weight is 353 g/mol. The van der Waals surface area contributed by atoms with Gasteiger partial charge in [-0.3, -0.25) is 9.89 Å². The van der Waals surface area contributed by atoms with Crippen LogP contribution in [0.3, 0.4) is 0 Å². The van der Waals surface area contributed by atoms with Crippen LogP contribution in [0, 0.1) is 6.92 Å². The summed E-state index contributed by atoms with van der Waals surface area (Å²) in [7, 11) is 3.91. The Kier molecular flexibility index (Phi) is 7.45. The SMILES string of the molecule is CCN1CCN(C(C)CNC(=NC)N(C)Cc2csc(C)n2)CC1. The molecule has 0 amide bonds. The highest BCUT2D eigenvalue weighted by Gasteiger charge is 2.20. The first kappa shape index (κ1) is 19.1. The van der Waals surface area contributed by atoms with Gasteiger partial charge >= 0.3 is 0 Å². The van der Waals surface area contributed by atoms with Crippen molar-refractivity contribution in [2.45, 2.75) is 33.4 Å². The molecule has 0 aromatic carbocycles. The smallest absolute Gasteiger partial charge is 0.193 e. The van der Waals surface area contributed by atoms with Gasteiger partial charge in [0.25, 0.3) is 0 Å². The predicted octanol–water partition coefficient (Wildman–Crippen LogP) is 1.48. The lowest BCUT2D eigenvalue weighted by atomic mass is 10.2. The highest BCUT2D eigenvalue weighted by molar-refractivity contribution is 7.09. The highest BCUT2D eigenvalue weighted by atomic mass is 32.1. The second-order valence-corrected chi connectivity index (χ2v) is 7.52. The summed E-state index contributed by atoms with van der Waals surface area (Å²) < 4.78 is 0. The Morgan fingerprint density at radius 2 is 2.12 bits per heavy atom. The van der Waals surface area contributed by atoms with Gasteiger partial charge in [-0.15, -0.1) is 11.3 Å². The maximum Gasteiger partial charge on any atom is 0.193 e. The van der Waals surface area contributed by atoms with E-state index in [1.54, 1.807) is 11.3 Å². The van der Waals surface area contributed by atoms with Crippen LogP contribution in [-0.2, 0) is 6.54 Å². The first-order chi connectivity index (χ1) is 11.5. The number of likely N-dealkylation sites (N-methyl/N-ethyl adjacent to an activating group) is 1. The maximum absolute atomic E-state index is 4.53. The zero-order valence-corrected chi connectivity index (χ0v) is 16.6. The minimum absolute atomic E-state index is 0.510. The van der Waals surface area contributed by atoms with Crippen LogP contribution in [0.5, 0.6) is 0 Å². The van der Waals surface area contributed by atoms with Crippen LogP contribution >= 0.6 is 11.3 Å². The van der Waals surface area contributed by atoms with Crippen molar-refractivity contribution >= 4 is 17.3 Å². The van der Waals surface area contributed by atoms with E-state index in [0.29, 0.717) is 6.04 Å². The molecule has 1 atom stereocenters. The number of hydrogen-bond acceptors (Lipinski definition) is 5. The summed E-state index contributed by atoms with van der Waals surface area (Å²) in [5.74, 6) is 0.930. The second-order valence-electron chi connectivity index (χ2n) is 6.46. The van der Waals surface area contributed by atoms with Crippen LogP contribution < -0.4 is 5.32 Å². The molecule has 2 heterocycles. The van der Waals surface area contributed by atoms with Gasteiger partial charge in [-0.2, -0.15) is 0 Å². The lowest BCUT2D eigenvalue weighted by molar-refractivity contribution is 0.107. The minimum Gasteiger partial charge on any atom is -0.355 e. The van der Waals surface area contributed by atoms with Crippen molar-refractivity contribution in [3.63, 3.8) is 0 Å². The molecule has 1 N–H and O–H groups in total. The number of nitrogens with one attached hydrogen (secondary N) is 1. The van der Waals surface area contributed by atoms with E-state index in [1.807, 2.05) is 14.0 Å². The van der Waals surface area contributed by atoms with Crippen LogP contribution in [0.15, 0.2) is 10.4 Å². The van der Waals surface area contributed by atoms with E-state index in [4.69, 9.17) is 0 Å². The number of rotatable bonds is 6. The fourth-order valence-electron chi connectivity index (χ4n) is 3.07. The molecule has 6 nitrogen and oxygen atoms in total. The normalized spacial score (nSPS) is 18.6. The molecule has 1 fully saturated rings. The van der Waals surface area contributed by atoms with Gasteiger partial charge in [0.1, 0.15) is 0 Å². The second kappa shape index (κ2) is 9.34. The number of aromatic nitrogens is 1. The van der Waals surface area contributed by atoms with Crippen molar-refractivity contribution < 1.29 is 0 Å². The number of thiazole rings is 1. The number of aryl methyl sites for hydroxylation is 1. The first-order valence-corrected chi connectivity index (χ1v) is 9.70. The van der Waals surface area contributed by atoms with E-state index >= 15 is 0 Å². The van der Waals surface area contributed by atoms with E-state index < -0.39 is 0 Å². The fourth-order valence-corrected chi connectivity index (χ4v) is 3.68. The van der Waals surface area contributed by atoms with Gasteiger partial charge in [-0.1, -0.05) is 6.92 Å². The summed E-state index contributed by atoms with van der Waals surface area (Å²) in [5.41, 5.74) is 1.10. The van der Waals surface area contributed by atoms with Crippen LogP contribution in [0.2, 0.25) is 0 Å². The van der Waals surface area contributed by atoms with Crippen molar-refractivity contribution in [3.8, 4) is 0 Å². The van der Waals surface area contributed by atoms with Gasteiger partial charge in [0.05, 0.1) is 17.2 Å². The van der Waals surface area contributed by atoms with Crippen molar-refractivity contribution in [2.24, 2.45) is 4.99 Å². The van der Waals surface area contributed by atoms with Gasteiger partial charge < -0.3 is 15.1 Å². The molecule has 1 aromatic rings. The lowest BCUT2D eigenvalue weighted by Gasteiger charge is -2.38. The van der Waals surface area contributed by atoms with Crippen LogP contribution in [0.25, 0.3) is 0 Å². The van der Waals surface area contributed by atoms with Gasteiger partial charge in [0, 0.05) is 58.2 Å². The highest BCUT2D eigenvalue weighted by Crippen LogP contribution is 2.10. The van der Waals surface area contributed by atoms with Crippen molar-refractivity contribution in [3.05, 3.63) is 16.1 Å². The molecule has 0 spiro atoms. The number of aliphatic imine (C=N–C) groups is 1. The summed E-state index contributed by atoms with van der Waals surface area (Å²) in [6.45, 7) is 14.1. The maximum atomic E-state index is 4.53. The summed E-state index contributed by atoms with van der Waals surface area (Å²) in [5, 5.41) is 6.75. The van der Waals surface area contributed by atoms with E-state index in [-0.39, 0.29) is 0 Å². The molecule has 136 valence electrons. The van der Waals surface area contributed by atoms with Crippen LogP contribution in [0.4, 0.5) is 0 Å². The summed E-state index contributed by atoms with van der Waals surface area (Å²) >= 11 is 1.70. The third kappa shape index (κ3) is 5.43. The molecule has 0 aliphatic carbocycles. The molecule has 1 aliphatic rings. The van der Waals surface area contributed by atoms with Crippen molar-refractivity contribution in [2.75, 3.05) is 53.4 Å². The molecule has 0 radical (unpaired) electrons. The third-order valence-corrected chi connectivity index (χ3v) is 5.49. The Morgan fingerprint density at radius 3 is 2.67 bits per heavy atom. The Labute approximate surface area is 150 Å². The fraction of sp³-hybridized carbons (Fsp3) is 0.765. The monoisotopic (exact) mass is 352 g/mol.